The van der Waals surface area contributed by atoms with Crippen LogP contribution in [0.5, 0.6) is 5.75 Å². The van der Waals surface area contributed by atoms with Gasteiger partial charge in [-0.05, 0) is 24.1 Å². The van der Waals surface area contributed by atoms with Gasteiger partial charge in [0.05, 0.1) is 6.61 Å². The van der Waals surface area contributed by atoms with Gasteiger partial charge in [-0.3, -0.25) is 4.79 Å². The lowest BCUT2D eigenvalue weighted by atomic mass is 9.85. The normalized spacial score (nSPS) is 17.9. The fourth-order valence-corrected chi connectivity index (χ4v) is 2.23. The van der Waals surface area contributed by atoms with Crippen molar-refractivity contribution in [3.63, 3.8) is 0 Å². The Hall–Kier alpha value is -1.55. The van der Waals surface area contributed by atoms with E-state index in [0.29, 0.717) is 19.4 Å². The van der Waals surface area contributed by atoms with Gasteiger partial charge in [0.15, 0.2) is 0 Å². The van der Waals surface area contributed by atoms with Crippen LogP contribution in [0.15, 0.2) is 18.2 Å². The minimum atomic E-state index is -0.310. The topological polar surface area (TPSA) is 78.3 Å². The first-order valence-corrected chi connectivity index (χ1v) is 6.21. The van der Waals surface area contributed by atoms with Gasteiger partial charge in [-0.25, -0.2) is 0 Å². The Morgan fingerprint density at radius 1 is 1.50 bits per heavy atom. The molecule has 1 heterocycles. The number of ether oxygens (including phenoxy) is 1. The standard InChI is InChI=1S/C14H20N2O2/c1-14(2)8-18-12-5-3-9(7-10(12)14)11(15)4-6-13(16)17/h3,5,7,11H,4,6,8,15H2,1-2H3,(H2,16,17). The SMILES string of the molecule is CC1(C)COc2ccc(C(N)CCC(N)=O)cc21. The maximum absolute atomic E-state index is 10.8. The Morgan fingerprint density at radius 2 is 2.22 bits per heavy atom. The van der Waals surface area contributed by atoms with E-state index in [1.54, 1.807) is 0 Å². The van der Waals surface area contributed by atoms with E-state index in [2.05, 4.69) is 19.9 Å². The molecule has 0 radical (unpaired) electrons. The van der Waals surface area contributed by atoms with Crippen LogP contribution in [0.25, 0.3) is 0 Å². The van der Waals surface area contributed by atoms with Crippen molar-refractivity contribution < 1.29 is 9.53 Å². The fraction of sp³-hybridized carbons (Fsp3) is 0.500. The summed E-state index contributed by atoms with van der Waals surface area (Å²) < 4.78 is 5.63. The monoisotopic (exact) mass is 248 g/mol. The highest BCUT2D eigenvalue weighted by atomic mass is 16.5. The number of fused-ring (bicyclic) bond motifs is 1. The minimum absolute atomic E-state index is 0.0226. The summed E-state index contributed by atoms with van der Waals surface area (Å²) in [5.74, 6) is 0.626. The van der Waals surface area contributed by atoms with E-state index < -0.39 is 0 Å². The molecular weight excluding hydrogens is 228 g/mol. The minimum Gasteiger partial charge on any atom is -0.492 e. The zero-order valence-corrected chi connectivity index (χ0v) is 10.9. The van der Waals surface area contributed by atoms with Gasteiger partial charge in [0, 0.05) is 23.4 Å². The molecule has 4 heteroatoms. The van der Waals surface area contributed by atoms with Gasteiger partial charge in [0.25, 0.3) is 0 Å². The molecule has 4 nitrogen and oxygen atoms in total. The van der Waals surface area contributed by atoms with E-state index in [-0.39, 0.29) is 17.4 Å². The van der Waals surface area contributed by atoms with Crippen molar-refractivity contribution in [1.29, 1.82) is 0 Å². The Bertz CT molecular complexity index is 469. The van der Waals surface area contributed by atoms with Crippen molar-refractivity contribution in [1.82, 2.24) is 0 Å². The number of hydrogen-bond acceptors (Lipinski definition) is 3. The summed E-state index contributed by atoms with van der Waals surface area (Å²) in [6, 6.07) is 5.86. The molecule has 18 heavy (non-hydrogen) atoms. The number of carbonyl (C=O) groups excluding carboxylic acids is 1. The Morgan fingerprint density at radius 3 is 2.89 bits per heavy atom. The van der Waals surface area contributed by atoms with Crippen LogP contribution in [0, 0.1) is 0 Å². The van der Waals surface area contributed by atoms with E-state index in [4.69, 9.17) is 16.2 Å². The zero-order chi connectivity index (χ0) is 13.3. The summed E-state index contributed by atoms with van der Waals surface area (Å²) >= 11 is 0. The number of hydrogen-bond donors (Lipinski definition) is 2. The maximum Gasteiger partial charge on any atom is 0.217 e. The number of primary amides is 1. The van der Waals surface area contributed by atoms with Crippen LogP contribution in [0.2, 0.25) is 0 Å². The summed E-state index contributed by atoms with van der Waals surface area (Å²) in [4.78, 5) is 10.8. The second kappa shape index (κ2) is 4.61. The lowest BCUT2D eigenvalue weighted by Crippen LogP contribution is -2.19. The van der Waals surface area contributed by atoms with E-state index in [1.165, 1.54) is 5.56 Å². The summed E-state index contributed by atoms with van der Waals surface area (Å²) in [5.41, 5.74) is 13.5. The van der Waals surface area contributed by atoms with E-state index in [0.717, 1.165) is 11.3 Å². The predicted octanol–water partition coefficient (Wildman–Crippen LogP) is 1.62. The second-order valence-corrected chi connectivity index (χ2v) is 5.54. The molecule has 0 saturated carbocycles. The molecule has 0 aromatic heterocycles. The van der Waals surface area contributed by atoms with Crippen LogP contribution in [-0.4, -0.2) is 12.5 Å². The Labute approximate surface area is 107 Å². The predicted molar refractivity (Wildman–Crippen MR) is 70.3 cm³/mol. The summed E-state index contributed by atoms with van der Waals surface area (Å²) in [6.07, 6.45) is 0.896. The molecule has 1 aliphatic rings. The van der Waals surface area contributed by atoms with Crippen LogP contribution in [0.3, 0.4) is 0 Å². The number of amides is 1. The molecule has 1 aromatic carbocycles. The molecule has 1 unspecified atom stereocenters. The zero-order valence-electron chi connectivity index (χ0n) is 10.9. The molecule has 98 valence electrons. The van der Waals surface area contributed by atoms with Crippen LogP contribution < -0.4 is 16.2 Å². The average Bonchev–Trinajstić information content (AvgIpc) is 2.62. The number of carbonyl (C=O) groups is 1. The molecule has 1 aliphatic heterocycles. The van der Waals surface area contributed by atoms with E-state index in [9.17, 15) is 4.79 Å². The molecule has 0 fully saturated rings. The highest BCUT2D eigenvalue weighted by Gasteiger charge is 2.32. The van der Waals surface area contributed by atoms with Gasteiger partial charge in [-0.15, -0.1) is 0 Å². The first-order valence-electron chi connectivity index (χ1n) is 6.21. The van der Waals surface area contributed by atoms with Crippen molar-refractivity contribution in [2.75, 3.05) is 6.61 Å². The largest absolute Gasteiger partial charge is 0.492 e. The number of rotatable bonds is 4. The first-order chi connectivity index (χ1) is 8.40. The molecule has 1 amide bonds. The molecular formula is C14H20N2O2. The quantitative estimate of drug-likeness (QED) is 0.850. The van der Waals surface area contributed by atoms with Gasteiger partial charge < -0.3 is 16.2 Å². The van der Waals surface area contributed by atoms with Gasteiger partial charge in [-0.1, -0.05) is 19.9 Å². The Balaban J connectivity index is 2.18. The van der Waals surface area contributed by atoms with Gasteiger partial charge in [0.1, 0.15) is 5.75 Å². The van der Waals surface area contributed by atoms with Crippen molar-refractivity contribution >= 4 is 5.91 Å². The molecule has 1 atom stereocenters. The van der Waals surface area contributed by atoms with Crippen molar-refractivity contribution in [3.8, 4) is 5.75 Å². The fourth-order valence-electron chi connectivity index (χ4n) is 2.23. The molecule has 2 rings (SSSR count). The van der Waals surface area contributed by atoms with Crippen LogP contribution in [0.4, 0.5) is 0 Å². The second-order valence-electron chi connectivity index (χ2n) is 5.54. The van der Waals surface area contributed by atoms with Crippen molar-refractivity contribution in [2.24, 2.45) is 11.5 Å². The third-order valence-electron chi connectivity index (χ3n) is 3.45. The summed E-state index contributed by atoms with van der Waals surface area (Å²) in [5, 5.41) is 0. The van der Waals surface area contributed by atoms with Gasteiger partial charge in [-0.2, -0.15) is 0 Å². The maximum atomic E-state index is 10.8. The molecule has 0 bridgehead atoms. The molecule has 0 saturated heterocycles. The van der Waals surface area contributed by atoms with Crippen molar-refractivity contribution in [2.45, 2.75) is 38.1 Å². The summed E-state index contributed by atoms with van der Waals surface area (Å²) in [6.45, 7) is 5.00. The molecule has 0 spiro atoms. The lowest BCUT2D eigenvalue weighted by molar-refractivity contribution is -0.118. The highest BCUT2D eigenvalue weighted by Crippen LogP contribution is 2.39. The smallest absolute Gasteiger partial charge is 0.217 e. The van der Waals surface area contributed by atoms with Gasteiger partial charge in [0.2, 0.25) is 5.91 Å². The highest BCUT2D eigenvalue weighted by molar-refractivity contribution is 5.73. The third kappa shape index (κ3) is 2.48. The molecule has 0 aliphatic carbocycles. The Kier molecular flexibility index (Phi) is 3.30. The van der Waals surface area contributed by atoms with Crippen LogP contribution in [0.1, 0.15) is 43.9 Å². The van der Waals surface area contributed by atoms with Gasteiger partial charge >= 0.3 is 0 Å². The average molecular weight is 248 g/mol. The molecule has 4 N–H and O–H groups in total. The van der Waals surface area contributed by atoms with Crippen LogP contribution >= 0.6 is 0 Å². The van der Waals surface area contributed by atoms with E-state index in [1.807, 2.05) is 12.1 Å². The molecule has 1 aromatic rings. The third-order valence-corrected chi connectivity index (χ3v) is 3.45. The first kappa shape index (κ1) is 12.9. The van der Waals surface area contributed by atoms with E-state index >= 15 is 0 Å². The number of benzene rings is 1. The van der Waals surface area contributed by atoms with Crippen molar-refractivity contribution in [3.05, 3.63) is 29.3 Å². The lowest BCUT2D eigenvalue weighted by Gasteiger charge is -2.18. The summed E-state index contributed by atoms with van der Waals surface area (Å²) in [7, 11) is 0. The number of nitrogens with two attached hydrogens (primary N) is 2. The van der Waals surface area contributed by atoms with Crippen LogP contribution in [-0.2, 0) is 10.2 Å².